The Morgan fingerprint density at radius 2 is 1.64 bits per heavy atom. The summed E-state index contributed by atoms with van der Waals surface area (Å²) < 4.78 is 66.2. The van der Waals surface area contributed by atoms with E-state index in [0.717, 1.165) is 60.1 Å². The Labute approximate surface area is 247 Å². The first-order valence-electron chi connectivity index (χ1n) is 14.4. The van der Waals surface area contributed by atoms with Crippen LogP contribution in [-0.2, 0) is 38.7 Å². The third kappa shape index (κ3) is 6.27. The molecule has 3 aromatic carbocycles. The number of esters is 1. The Bertz CT molecular complexity index is 1480. The average molecular weight is 600 g/mol. The lowest BCUT2D eigenvalue weighted by molar-refractivity contribution is -0.145. The molecule has 1 heterocycles. The predicted octanol–water partition coefficient (Wildman–Crippen LogP) is 7.67. The molecule has 1 fully saturated rings. The molecule has 1 unspecified atom stereocenters. The quantitative estimate of drug-likeness (QED) is 0.262. The van der Waals surface area contributed by atoms with Crippen LogP contribution in [0.4, 0.5) is 13.2 Å². The molecule has 1 atom stereocenters. The summed E-state index contributed by atoms with van der Waals surface area (Å²) in [6, 6.07) is 15.1. The van der Waals surface area contributed by atoms with E-state index in [2.05, 4.69) is 12.1 Å². The molecule has 0 amide bonds. The van der Waals surface area contributed by atoms with Crippen molar-refractivity contribution in [2.75, 3.05) is 19.8 Å². The highest BCUT2D eigenvalue weighted by Crippen LogP contribution is 2.46. The van der Waals surface area contributed by atoms with Gasteiger partial charge in [0, 0.05) is 18.5 Å². The normalized spacial score (nSPS) is 17.5. The number of carbonyl (C=O) groups excluding carboxylic acids is 1. The van der Waals surface area contributed by atoms with E-state index in [4.69, 9.17) is 9.47 Å². The van der Waals surface area contributed by atoms with Crippen molar-refractivity contribution in [2.24, 2.45) is 0 Å². The largest absolute Gasteiger partial charge is 0.482 e. The average Bonchev–Trinajstić information content (AvgIpc) is 2.97. The molecule has 5 rings (SSSR count). The van der Waals surface area contributed by atoms with Crippen LogP contribution < -0.4 is 4.74 Å². The van der Waals surface area contributed by atoms with E-state index in [0.29, 0.717) is 29.3 Å². The number of nitrogens with zero attached hydrogens (tertiary/aromatic N) is 1. The van der Waals surface area contributed by atoms with Crippen LogP contribution in [0.5, 0.6) is 5.75 Å². The van der Waals surface area contributed by atoms with E-state index in [1.165, 1.54) is 24.1 Å². The summed E-state index contributed by atoms with van der Waals surface area (Å²) in [4.78, 5) is 12.5. The fraction of sp³-hybridized carbons (Fsp3) is 0.424. The molecule has 0 bridgehead atoms. The molecular weight excluding hydrogens is 563 g/mol. The zero-order chi connectivity index (χ0) is 30.1. The number of aryl methyl sites for hydroxylation is 2. The highest BCUT2D eigenvalue weighted by Gasteiger charge is 2.42. The van der Waals surface area contributed by atoms with Gasteiger partial charge in [0.05, 0.1) is 17.1 Å². The van der Waals surface area contributed by atoms with Gasteiger partial charge in [-0.25, -0.2) is 13.3 Å². The van der Waals surface area contributed by atoms with E-state index in [1.807, 2.05) is 36.4 Å². The molecule has 0 aromatic heterocycles. The summed E-state index contributed by atoms with van der Waals surface area (Å²) >= 11 is 0. The molecule has 1 spiro atoms. The van der Waals surface area contributed by atoms with Crippen molar-refractivity contribution in [3.8, 4) is 16.9 Å². The van der Waals surface area contributed by atoms with Crippen molar-refractivity contribution in [1.29, 1.82) is 0 Å². The number of fused-ring (bicyclic) bond motifs is 2. The number of halogens is 3. The number of benzene rings is 3. The Morgan fingerprint density at radius 1 is 0.952 bits per heavy atom. The molecule has 0 radical (unpaired) electrons. The van der Waals surface area contributed by atoms with Gasteiger partial charge in [-0.15, -0.1) is 0 Å². The summed E-state index contributed by atoms with van der Waals surface area (Å²) in [6.45, 7) is 6.73. The van der Waals surface area contributed by atoms with Gasteiger partial charge in [0.2, 0.25) is 0 Å². The predicted molar refractivity (Wildman–Crippen MR) is 157 cm³/mol. The fourth-order valence-corrected chi connectivity index (χ4v) is 7.81. The number of alkyl halides is 3. The third-order valence-corrected chi connectivity index (χ3v) is 9.95. The summed E-state index contributed by atoms with van der Waals surface area (Å²) in [5.41, 5.74) is 4.69. The first-order valence-corrected chi connectivity index (χ1v) is 15.5. The minimum absolute atomic E-state index is 0.119. The lowest BCUT2D eigenvalue weighted by Crippen LogP contribution is -2.47. The van der Waals surface area contributed by atoms with Gasteiger partial charge >= 0.3 is 12.1 Å². The number of rotatable bonds is 7. The van der Waals surface area contributed by atoms with Gasteiger partial charge < -0.3 is 9.47 Å². The molecule has 0 N–H and O–H groups in total. The van der Waals surface area contributed by atoms with Crippen molar-refractivity contribution >= 4 is 17.0 Å². The van der Waals surface area contributed by atoms with Gasteiger partial charge in [-0.3, -0.25) is 0 Å². The number of hydrogen-bond acceptors (Lipinski definition) is 4. The molecule has 3 aromatic rings. The van der Waals surface area contributed by atoms with Crippen LogP contribution in [0, 0.1) is 13.8 Å². The Hall–Kier alpha value is -3.17. The molecule has 0 saturated heterocycles. The zero-order valence-corrected chi connectivity index (χ0v) is 25.0. The molecule has 2 aliphatic rings. The van der Waals surface area contributed by atoms with Gasteiger partial charge in [-0.1, -0.05) is 43.5 Å². The topological polar surface area (TPSA) is 55.8 Å². The van der Waals surface area contributed by atoms with E-state index in [9.17, 15) is 22.2 Å². The summed E-state index contributed by atoms with van der Waals surface area (Å²) in [5, 5.41) is 0. The maximum absolute atomic E-state index is 14.2. The number of carbonyl (C=O) groups is 1. The second-order valence-electron chi connectivity index (χ2n) is 11.3. The van der Waals surface area contributed by atoms with Crippen LogP contribution in [0.25, 0.3) is 11.1 Å². The molecule has 224 valence electrons. The highest BCUT2D eigenvalue weighted by atomic mass is 32.2. The fourth-order valence-electron chi connectivity index (χ4n) is 6.30. The first-order chi connectivity index (χ1) is 20.0. The van der Waals surface area contributed by atoms with Crippen molar-refractivity contribution in [2.45, 2.75) is 75.9 Å². The second-order valence-corrected chi connectivity index (χ2v) is 12.8. The Morgan fingerprint density at radius 3 is 2.31 bits per heavy atom. The van der Waals surface area contributed by atoms with Gasteiger partial charge in [0.25, 0.3) is 0 Å². The number of hydrogen-bond donors (Lipinski definition) is 0. The molecule has 42 heavy (non-hydrogen) atoms. The lowest BCUT2D eigenvalue weighted by Gasteiger charge is -2.46. The molecule has 1 saturated carbocycles. The van der Waals surface area contributed by atoms with Gasteiger partial charge in [-0.2, -0.15) is 13.2 Å². The van der Waals surface area contributed by atoms with Crippen molar-refractivity contribution in [3.05, 3.63) is 82.4 Å². The van der Waals surface area contributed by atoms with Crippen LogP contribution in [-0.4, -0.2) is 34.2 Å². The van der Waals surface area contributed by atoms with E-state index in [1.54, 1.807) is 6.92 Å². The lowest BCUT2D eigenvalue weighted by atomic mass is 9.66. The Kier molecular flexibility index (Phi) is 8.81. The van der Waals surface area contributed by atoms with Crippen molar-refractivity contribution < 1.29 is 31.6 Å². The minimum atomic E-state index is -4.38. The minimum Gasteiger partial charge on any atom is -0.482 e. The standard InChI is InChI=1S/C33H36F3NO4S/c1-4-40-31(38)20-41-29-16-23(3)30(17-22(29)2)42(39)37-19-26-18-25(24-8-11-27(12-9-24)33(34,35)36)10-13-28(26)32(21-37)14-6-5-7-15-32/h8-13,16-18H,4-7,14-15,19-21H2,1-3H3. The van der Waals surface area contributed by atoms with E-state index < -0.39 is 28.7 Å². The molecule has 5 nitrogen and oxygen atoms in total. The molecular formula is C33H36F3NO4S. The van der Waals surface area contributed by atoms with Crippen LogP contribution in [0.2, 0.25) is 0 Å². The van der Waals surface area contributed by atoms with Crippen LogP contribution in [0.3, 0.4) is 0 Å². The highest BCUT2D eigenvalue weighted by molar-refractivity contribution is 7.82. The molecule has 1 aliphatic heterocycles. The van der Waals surface area contributed by atoms with E-state index in [-0.39, 0.29) is 18.6 Å². The monoisotopic (exact) mass is 599 g/mol. The summed E-state index contributed by atoms with van der Waals surface area (Å²) in [6.07, 6.45) is 1.01. The summed E-state index contributed by atoms with van der Waals surface area (Å²) in [5.74, 6) is 0.109. The maximum Gasteiger partial charge on any atom is 0.416 e. The maximum atomic E-state index is 14.2. The van der Waals surface area contributed by atoms with Crippen LogP contribution in [0.15, 0.2) is 59.5 Å². The first kappa shape index (κ1) is 30.3. The summed E-state index contributed by atoms with van der Waals surface area (Å²) in [7, 11) is -1.45. The van der Waals surface area contributed by atoms with E-state index >= 15 is 0 Å². The van der Waals surface area contributed by atoms with Crippen LogP contribution in [0.1, 0.15) is 66.8 Å². The molecule has 1 aliphatic carbocycles. The second kappa shape index (κ2) is 12.2. The SMILES string of the molecule is CCOC(=O)COc1cc(C)c(S(=O)N2Cc3cc(-c4ccc(C(F)(F)F)cc4)ccc3C3(CCCCC3)C2)cc1C. The van der Waals surface area contributed by atoms with Crippen LogP contribution >= 0.6 is 0 Å². The van der Waals surface area contributed by atoms with Gasteiger partial charge in [0.15, 0.2) is 6.61 Å². The Balaban J connectivity index is 1.45. The van der Waals surface area contributed by atoms with Gasteiger partial charge in [0.1, 0.15) is 16.7 Å². The van der Waals surface area contributed by atoms with Crippen molar-refractivity contribution in [3.63, 3.8) is 0 Å². The van der Waals surface area contributed by atoms with Crippen molar-refractivity contribution in [1.82, 2.24) is 4.31 Å². The number of ether oxygens (including phenoxy) is 2. The smallest absolute Gasteiger partial charge is 0.416 e. The molecule has 9 heteroatoms. The zero-order valence-electron chi connectivity index (χ0n) is 24.2. The third-order valence-electron chi connectivity index (χ3n) is 8.40. The van der Waals surface area contributed by atoms with Gasteiger partial charge in [-0.05, 0) is 97.3 Å².